The topological polar surface area (TPSA) is 78.9 Å². The second kappa shape index (κ2) is 11.8. The van der Waals surface area contributed by atoms with Gasteiger partial charge in [-0.3, -0.25) is 4.79 Å². The number of thioether (sulfide) groups is 2. The molecule has 1 aromatic carbocycles. The van der Waals surface area contributed by atoms with Gasteiger partial charge in [0.05, 0.1) is 11.1 Å². The number of hydrogen-bond donors (Lipinski definition) is 0. The fraction of sp³-hybridized carbons (Fsp3) is 0.450. The third kappa shape index (κ3) is 7.24. The van der Waals surface area contributed by atoms with E-state index in [1.807, 2.05) is 0 Å². The molecule has 1 fully saturated rings. The lowest BCUT2D eigenvalue weighted by Gasteiger charge is -2.21. The van der Waals surface area contributed by atoms with Crippen LogP contribution in [-0.2, 0) is 19.0 Å². The van der Waals surface area contributed by atoms with E-state index in [9.17, 15) is 14.4 Å². The zero-order chi connectivity index (χ0) is 20.4. The summed E-state index contributed by atoms with van der Waals surface area (Å²) >= 11 is 3.38. The molecule has 0 bridgehead atoms. The van der Waals surface area contributed by atoms with Crippen LogP contribution in [0.25, 0.3) is 0 Å². The summed E-state index contributed by atoms with van der Waals surface area (Å²) in [4.78, 5) is 36.0. The molecule has 0 aliphatic carbocycles. The summed E-state index contributed by atoms with van der Waals surface area (Å²) < 4.78 is 15.6. The van der Waals surface area contributed by atoms with Gasteiger partial charge in [-0.25, -0.2) is 9.59 Å². The minimum Gasteiger partial charge on any atom is -0.462 e. The molecule has 0 spiro atoms. The molecular weight excluding hydrogens is 400 g/mol. The zero-order valence-electron chi connectivity index (χ0n) is 15.8. The lowest BCUT2D eigenvalue weighted by Crippen LogP contribution is -2.26. The highest BCUT2D eigenvalue weighted by Crippen LogP contribution is 2.22. The Morgan fingerprint density at radius 2 is 1.57 bits per heavy atom. The van der Waals surface area contributed by atoms with Gasteiger partial charge in [-0.15, -0.1) is 0 Å². The molecule has 0 radical (unpaired) electrons. The van der Waals surface area contributed by atoms with Gasteiger partial charge in [0.2, 0.25) is 0 Å². The van der Waals surface area contributed by atoms with Crippen molar-refractivity contribution in [1.82, 2.24) is 0 Å². The van der Waals surface area contributed by atoms with Crippen molar-refractivity contribution in [2.24, 2.45) is 0 Å². The largest absolute Gasteiger partial charge is 0.462 e. The van der Waals surface area contributed by atoms with Crippen molar-refractivity contribution in [3.8, 4) is 0 Å². The summed E-state index contributed by atoms with van der Waals surface area (Å²) in [5.74, 6) is 1.52. The van der Waals surface area contributed by atoms with Crippen molar-refractivity contribution in [2.75, 3.05) is 36.2 Å². The smallest absolute Gasteiger partial charge is 0.339 e. The molecule has 0 aromatic heterocycles. The number of benzene rings is 1. The van der Waals surface area contributed by atoms with E-state index in [1.165, 1.54) is 11.6 Å². The lowest BCUT2D eigenvalue weighted by molar-refractivity contribution is -0.144. The van der Waals surface area contributed by atoms with Crippen LogP contribution < -0.4 is 0 Å². The first-order valence-corrected chi connectivity index (χ1v) is 11.3. The van der Waals surface area contributed by atoms with Crippen molar-refractivity contribution in [1.29, 1.82) is 0 Å². The van der Waals surface area contributed by atoms with Gasteiger partial charge < -0.3 is 14.2 Å². The monoisotopic (exact) mass is 424 g/mol. The first kappa shape index (κ1) is 22.4. The number of rotatable bonds is 7. The maximum atomic E-state index is 12.6. The first-order chi connectivity index (χ1) is 13.5. The number of carbonyl (C=O) groups is 3. The Morgan fingerprint density at radius 3 is 2.18 bits per heavy atom. The van der Waals surface area contributed by atoms with Crippen LogP contribution in [0.4, 0.5) is 0 Å². The number of ether oxygens (including phenoxy) is 3. The normalized spacial score (nSPS) is 15.2. The van der Waals surface area contributed by atoms with E-state index < -0.39 is 11.9 Å². The highest BCUT2D eigenvalue weighted by molar-refractivity contribution is 8.01. The quantitative estimate of drug-likeness (QED) is 0.285. The molecule has 1 aliphatic rings. The van der Waals surface area contributed by atoms with Gasteiger partial charge in [0.1, 0.15) is 19.3 Å². The van der Waals surface area contributed by atoms with Crippen LogP contribution in [-0.4, -0.2) is 60.2 Å². The average molecular weight is 425 g/mol. The molecule has 8 heteroatoms. The predicted molar refractivity (Wildman–Crippen MR) is 111 cm³/mol. The van der Waals surface area contributed by atoms with Crippen LogP contribution in [0.1, 0.15) is 34.1 Å². The van der Waals surface area contributed by atoms with Gasteiger partial charge in [0.15, 0.2) is 0 Å². The molecule has 1 aromatic rings. The zero-order valence-corrected chi connectivity index (χ0v) is 17.4. The molecule has 152 valence electrons. The highest BCUT2D eigenvalue weighted by Gasteiger charge is 2.23. The second-order valence-corrected chi connectivity index (χ2v) is 8.12. The molecule has 0 amide bonds. The Morgan fingerprint density at radius 1 is 1.00 bits per heavy atom. The minimum absolute atomic E-state index is 0.0210. The predicted octanol–water partition coefficient (Wildman–Crippen LogP) is 3.36. The summed E-state index contributed by atoms with van der Waals surface area (Å²) in [5.41, 5.74) is 1.48. The van der Waals surface area contributed by atoms with Crippen LogP contribution in [0.2, 0.25) is 0 Å². The summed E-state index contributed by atoms with van der Waals surface area (Å²) in [6.07, 6.45) is 0.0298. The fourth-order valence-corrected chi connectivity index (χ4v) is 4.54. The molecule has 0 atom stereocenters. The van der Waals surface area contributed by atoms with E-state index >= 15 is 0 Å². The van der Waals surface area contributed by atoms with Gasteiger partial charge in [-0.1, -0.05) is 31.2 Å². The third-order valence-corrected chi connectivity index (χ3v) is 6.17. The van der Waals surface area contributed by atoms with Crippen molar-refractivity contribution in [3.05, 3.63) is 47.5 Å². The van der Waals surface area contributed by atoms with Crippen molar-refractivity contribution < 1.29 is 28.6 Å². The van der Waals surface area contributed by atoms with Gasteiger partial charge in [-0.05, 0) is 12.1 Å². The van der Waals surface area contributed by atoms with Crippen LogP contribution in [0.5, 0.6) is 0 Å². The summed E-state index contributed by atoms with van der Waals surface area (Å²) in [6.45, 7) is 5.58. The van der Waals surface area contributed by atoms with E-state index in [4.69, 9.17) is 14.2 Å². The summed E-state index contributed by atoms with van der Waals surface area (Å²) in [7, 11) is 0. The van der Waals surface area contributed by atoms with Gasteiger partial charge in [0.25, 0.3) is 0 Å². The molecule has 0 unspecified atom stereocenters. The number of hydrogen-bond acceptors (Lipinski definition) is 8. The summed E-state index contributed by atoms with van der Waals surface area (Å²) in [5, 5.41) is 0. The Bertz CT molecular complexity index is 706. The third-order valence-electron chi connectivity index (χ3n) is 3.73. The van der Waals surface area contributed by atoms with E-state index in [-0.39, 0.29) is 42.8 Å². The van der Waals surface area contributed by atoms with Crippen LogP contribution >= 0.6 is 23.5 Å². The Labute approximate surface area is 173 Å². The molecule has 28 heavy (non-hydrogen) atoms. The molecule has 2 rings (SSSR count). The van der Waals surface area contributed by atoms with Gasteiger partial charge in [-0.2, -0.15) is 23.5 Å². The van der Waals surface area contributed by atoms with Crippen molar-refractivity contribution >= 4 is 41.4 Å². The second-order valence-electron chi connectivity index (χ2n) is 6.06. The number of esters is 3. The molecular formula is C20H24O6S2. The molecule has 1 heterocycles. The Hall–Kier alpha value is -1.93. The van der Waals surface area contributed by atoms with Crippen LogP contribution in [0, 0.1) is 0 Å². The maximum absolute atomic E-state index is 12.6. The maximum Gasteiger partial charge on any atom is 0.339 e. The molecule has 6 nitrogen and oxygen atoms in total. The Balaban J connectivity index is 1.94. The van der Waals surface area contributed by atoms with Gasteiger partial charge in [0, 0.05) is 29.4 Å². The highest BCUT2D eigenvalue weighted by atomic mass is 32.2. The van der Waals surface area contributed by atoms with Crippen molar-refractivity contribution in [2.45, 2.75) is 19.4 Å². The van der Waals surface area contributed by atoms with Crippen LogP contribution in [0.15, 0.2) is 36.4 Å². The SMILES string of the molecule is C=C1CSCC(OC(=O)c2ccccc2C(=O)OCCOC(=O)CC)CSC1. The van der Waals surface area contributed by atoms with E-state index in [2.05, 4.69) is 6.58 Å². The van der Waals surface area contributed by atoms with Crippen molar-refractivity contribution in [3.63, 3.8) is 0 Å². The minimum atomic E-state index is -0.655. The van der Waals surface area contributed by atoms with Gasteiger partial charge >= 0.3 is 17.9 Å². The van der Waals surface area contributed by atoms with Crippen LogP contribution in [0.3, 0.4) is 0 Å². The van der Waals surface area contributed by atoms with E-state index in [1.54, 1.807) is 48.6 Å². The fourth-order valence-electron chi connectivity index (χ4n) is 2.35. The molecule has 0 N–H and O–H groups in total. The average Bonchev–Trinajstić information content (AvgIpc) is 2.68. The molecule has 1 aliphatic heterocycles. The summed E-state index contributed by atoms with van der Waals surface area (Å²) in [6, 6.07) is 6.38. The number of carbonyl (C=O) groups excluding carboxylic acids is 3. The molecule has 1 saturated heterocycles. The van der Waals surface area contributed by atoms with E-state index in [0.717, 1.165) is 11.5 Å². The lowest BCUT2D eigenvalue weighted by atomic mass is 10.1. The van der Waals surface area contributed by atoms with E-state index in [0.29, 0.717) is 11.5 Å². The standard InChI is InChI=1S/C20H24O6S2/c1-3-18(21)24-8-9-25-19(22)16-6-4-5-7-17(16)20(23)26-15-12-27-10-14(2)11-28-13-15/h4-7,15H,2-3,8-13H2,1H3. The Kier molecular flexibility index (Phi) is 9.43. The first-order valence-electron chi connectivity index (χ1n) is 8.96. The molecule has 0 saturated carbocycles.